The van der Waals surface area contributed by atoms with Gasteiger partial charge < -0.3 is 5.32 Å². The Kier molecular flexibility index (Phi) is 4.45. The topological polar surface area (TPSA) is 29.1 Å². The van der Waals surface area contributed by atoms with Gasteiger partial charge in [0.1, 0.15) is 0 Å². The van der Waals surface area contributed by atoms with E-state index in [0.29, 0.717) is 5.92 Å². The van der Waals surface area contributed by atoms with Crippen LogP contribution in [0.5, 0.6) is 0 Å². The molecule has 0 saturated heterocycles. The molecule has 78 valence electrons. The van der Waals surface area contributed by atoms with E-state index in [1.165, 1.54) is 0 Å². The maximum atomic E-state index is 11.7. The molecule has 0 fully saturated rings. The van der Waals surface area contributed by atoms with Gasteiger partial charge >= 0.3 is 0 Å². The fourth-order valence-corrected chi connectivity index (χ4v) is 0.729. The monoisotopic (exact) mass is 185 g/mol. The standard InChI is InChI=1S/C11H23NO/c1-7-11(5,6)10(13)12-9(4)8(2)3/h8-9H,7H2,1-6H3,(H,12,13)/t9-/m1/s1. The molecule has 0 aliphatic carbocycles. The van der Waals surface area contributed by atoms with Gasteiger partial charge in [-0.3, -0.25) is 4.79 Å². The zero-order valence-corrected chi connectivity index (χ0v) is 9.77. The number of hydrogen-bond acceptors (Lipinski definition) is 1. The molecule has 0 unspecified atom stereocenters. The third-order valence-corrected chi connectivity index (χ3v) is 2.86. The van der Waals surface area contributed by atoms with E-state index >= 15 is 0 Å². The third-order valence-electron chi connectivity index (χ3n) is 2.86. The van der Waals surface area contributed by atoms with E-state index in [0.717, 1.165) is 6.42 Å². The summed E-state index contributed by atoms with van der Waals surface area (Å²) in [5, 5.41) is 3.03. The molecule has 2 nitrogen and oxygen atoms in total. The van der Waals surface area contributed by atoms with Crippen molar-refractivity contribution in [1.29, 1.82) is 0 Å². The van der Waals surface area contributed by atoms with Crippen LogP contribution >= 0.6 is 0 Å². The Balaban J connectivity index is 4.15. The van der Waals surface area contributed by atoms with Gasteiger partial charge in [-0.05, 0) is 19.3 Å². The fourth-order valence-electron chi connectivity index (χ4n) is 0.729. The first-order valence-electron chi connectivity index (χ1n) is 5.12. The first-order valence-corrected chi connectivity index (χ1v) is 5.12. The second kappa shape index (κ2) is 4.64. The lowest BCUT2D eigenvalue weighted by atomic mass is 9.88. The minimum Gasteiger partial charge on any atom is -0.353 e. The molecule has 0 spiro atoms. The highest BCUT2D eigenvalue weighted by atomic mass is 16.2. The smallest absolute Gasteiger partial charge is 0.225 e. The van der Waals surface area contributed by atoms with E-state index in [1.54, 1.807) is 0 Å². The Bertz CT molecular complexity index is 173. The van der Waals surface area contributed by atoms with Gasteiger partial charge in [0.15, 0.2) is 0 Å². The van der Waals surface area contributed by atoms with Crippen molar-refractivity contribution in [2.45, 2.75) is 54.0 Å². The quantitative estimate of drug-likeness (QED) is 0.716. The average molecular weight is 185 g/mol. The van der Waals surface area contributed by atoms with Crippen LogP contribution in [0.3, 0.4) is 0 Å². The normalized spacial score (nSPS) is 14.4. The van der Waals surface area contributed by atoms with Crippen LogP contribution in [0, 0.1) is 11.3 Å². The number of carbonyl (C=O) groups is 1. The summed E-state index contributed by atoms with van der Waals surface area (Å²) >= 11 is 0. The summed E-state index contributed by atoms with van der Waals surface area (Å²) in [6.07, 6.45) is 0.879. The van der Waals surface area contributed by atoms with Crippen LogP contribution in [0.1, 0.15) is 48.0 Å². The van der Waals surface area contributed by atoms with Crippen LogP contribution < -0.4 is 5.32 Å². The van der Waals surface area contributed by atoms with Crippen molar-refractivity contribution >= 4 is 5.91 Å². The zero-order chi connectivity index (χ0) is 10.6. The lowest BCUT2D eigenvalue weighted by Crippen LogP contribution is -2.43. The summed E-state index contributed by atoms with van der Waals surface area (Å²) in [7, 11) is 0. The fraction of sp³-hybridized carbons (Fsp3) is 0.909. The lowest BCUT2D eigenvalue weighted by Gasteiger charge is -2.26. The third kappa shape index (κ3) is 3.79. The van der Waals surface area contributed by atoms with Gasteiger partial charge in [-0.2, -0.15) is 0 Å². The van der Waals surface area contributed by atoms with Crippen LogP contribution in [0.15, 0.2) is 0 Å². The average Bonchev–Trinajstić information content (AvgIpc) is 2.04. The number of hydrogen-bond donors (Lipinski definition) is 1. The molecule has 0 aliphatic rings. The van der Waals surface area contributed by atoms with Crippen LogP contribution in [0.2, 0.25) is 0 Å². The zero-order valence-electron chi connectivity index (χ0n) is 9.77. The predicted octanol–water partition coefficient (Wildman–Crippen LogP) is 2.58. The number of rotatable bonds is 4. The number of amides is 1. The summed E-state index contributed by atoms with van der Waals surface area (Å²) in [5.41, 5.74) is -0.233. The summed E-state index contributed by atoms with van der Waals surface area (Å²) in [4.78, 5) is 11.7. The SMILES string of the molecule is CCC(C)(C)C(=O)N[C@H](C)C(C)C. The highest BCUT2D eigenvalue weighted by molar-refractivity contribution is 5.81. The second-order valence-electron chi connectivity index (χ2n) is 4.74. The molecular weight excluding hydrogens is 162 g/mol. The lowest BCUT2D eigenvalue weighted by molar-refractivity contribution is -0.130. The van der Waals surface area contributed by atoms with Crippen molar-refractivity contribution in [3.8, 4) is 0 Å². The van der Waals surface area contributed by atoms with Gasteiger partial charge in [-0.25, -0.2) is 0 Å². The van der Waals surface area contributed by atoms with Crippen molar-refractivity contribution in [3.63, 3.8) is 0 Å². The Hall–Kier alpha value is -0.530. The highest BCUT2D eigenvalue weighted by Gasteiger charge is 2.26. The number of carbonyl (C=O) groups excluding carboxylic acids is 1. The molecule has 0 aliphatic heterocycles. The molecule has 0 saturated carbocycles. The Morgan fingerprint density at radius 3 is 2.08 bits per heavy atom. The highest BCUT2D eigenvalue weighted by Crippen LogP contribution is 2.20. The molecule has 1 amide bonds. The largest absolute Gasteiger partial charge is 0.353 e. The van der Waals surface area contributed by atoms with E-state index in [4.69, 9.17) is 0 Å². The van der Waals surface area contributed by atoms with Crippen LogP contribution in [-0.2, 0) is 4.79 Å². The first-order chi connectivity index (χ1) is 5.81. The molecule has 2 heteroatoms. The van der Waals surface area contributed by atoms with Crippen LogP contribution in [0.4, 0.5) is 0 Å². The molecule has 13 heavy (non-hydrogen) atoms. The van der Waals surface area contributed by atoms with Gasteiger partial charge in [-0.1, -0.05) is 34.6 Å². The van der Waals surface area contributed by atoms with E-state index < -0.39 is 0 Å². The molecular formula is C11H23NO. The molecule has 0 aromatic heterocycles. The maximum absolute atomic E-state index is 11.7. The van der Waals surface area contributed by atoms with Crippen molar-refractivity contribution < 1.29 is 4.79 Å². The van der Waals surface area contributed by atoms with E-state index in [9.17, 15) is 4.79 Å². The Morgan fingerprint density at radius 1 is 1.31 bits per heavy atom. The molecule has 1 atom stereocenters. The summed E-state index contributed by atoms with van der Waals surface area (Å²) in [6.45, 7) is 12.3. The number of nitrogens with one attached hydrogen (secondary N) is 1. The Labute approximate surface area is 82.1 Å². The maximum Gasteiger partial charge on any atom is 0.225 e. The molecule has 0 rings (SSSR count). The molecule has 0 heterocycles. The summed E-state index contributed by atoms with van der Waals surface area (Å²) in [6, 6.07) is 0.262. The van der Waals surface area contributed by atoms with E-state index in [1.807, 2.05) is 27.7 Å². The van der Waals surface area contributed by atoms with E-state index in [-0.39, 0.29) is 17.4 Å². The minimum absolute atomic E-state index is 0.163. The van der Waals surface area contributed by atoms with Gasteiger partial charge in [0.25, 0.3) is 0 Å². The van der Waals surface area contributed by atoms with Crippen molar-refractivity contribution in [3.05, 3.63) is 0 Å². The van der Waals surface area contributed by atoms with Crippen LogP contribution in [-0.4, -0.2) is 11.9 Å². The first kappa shape index (κ1) is 12.5. The van der Waals surface area contributed by atoms with Gasteiger partial charge in [0, 0.05) is 11.5 Å². The van der Waals surface area contributed by atoms with E-state index in [2.05, 4.69) is 19.2 Å². The minimum atomic E-state index is -0.233. The van der Waals surface area contributed by atoms with Crippen LogP contribution in [0.25, 0.3) is 0 Å². The van der Waals surface area contributed by atoms with Gasteiger partial charge in [0.05, 0.1) is 0 Å². The van der Waals surface area contributed by atoms with Crippen molar-refractivity contribution in [2.24, 2.45) is 11.3 Å². The molecule has 1 N–H and O–H groups in total. The Morgan fingerprint density at radius 2 is 1.77 bits per heavy atom. The van der Waals surface area contributed by atoms with Crippen molar-refractivity contribution in [2.75, 3.05) is 0 Å². The predicted molar refractivity (Wildman–Crippen MR) is 56.5 cm³/mol. The molecule has 0 aromatic rings. The molecule has 0 bridgehead atoms. The molecule has 0 radical (unpaired) electrons. The second-order valence-corrected chi connectivity index (χ2v) is 4.74. The van der Waals surface area contributed by atoms with Gasteiger partial charge in [-0.15, -0.1) is 0 Å². The molecule has 0 aromatic carbocycles. The van der Waals surface area contributed by atoms with Crippen molar-refractivity contribution in [1.82, 2.24) is 5.32 Å². The summed E-state index contributed by atoms with van der Waals surface area (Å²) < 4.78 is 0. The van der Waals surface area contributed by atoms with Gasteiger partial charge in [0.2, 0.25) is 5.91 Å². The summed E-state index contributed by atoms with van der Waals surface area (Å²) in [5.74, 6) is 0.660.